The molecule has 234 valence electrons. The van der Waals surface area contributed by atoms with Crippen LogP contribution in [0.1, 0.15) is 52.5 Å². The number of rotatable bonds is 18. The molecule has 14 nitrogen and oxygen atoms in total. The minimum Gasteiger partial charge on any atom is -0.480 e. The summed E-state index contributed by atoms with van der Waals surface area (Å²) in [6, 6.07) is 4.76. The summed E-state index contributed by atoms with van der Waals surface area (Å²) in [6.45, 7) is 7.08. The number of carbonyl (C=O) groups excluding carboxylic acids is 4. The highest BCUT2D eigenvalue weighted by molar-refractivity contribution is 5.94. The zero-order valence-corrected chi connectivity index (χ0v) is 24.7. The average molecular weight is 591 g/mol. The lowest BCUT2D eigenvalue weighted by molar-refractivity contribution is -0.141. The summed E-state index contributed by atoms with van der Waals surface area (Å²) < 4.78 is 0. The molecule has 0 saturated carbocycles. The van der Waals surface area contributed by atoms with Crippen LogP contribution in [0.2, 0.25) is 0 Å². The predicted molar refractivity (Wildman–Crippen MR) is 158 cm³/mol. The van der Waals surface area contributed by atoms with Gasteiger partial charge in [0.2, 0.25) is 23.6 Å². The number of hydrogen-bond donors (Lipinski definition) is 9. The minimum absolute atomic E-state index is 0.0325. The first-order valence-corrected chi connectivity index (χ1v) is 14.0. The standard InChI is InChI=1S/C28H46N8O6/c1-16(2)13-20(35-24(38)19(29)11-8-12-32-28(30)31)25(39)36-23(17(3)4)26(40)33-15-22(37)34-21(27(41)42)14-18-9-6-5-7-10-18/h5-7,9-10,16-17,19-21,23H,8,11-15,29H2,1-4H3,(H,33,40)(H,34,37)(H,35,38)(H,36,39)(H,41,42)(H4,30,31,32)/t19-,20-,21-,23-/m0/s1. The van der Waals surface area contributed by atoms with E-state index in [0.717, 1.165) is 5.56 Å². The molecule has 4 atom stereocenters. The van der Waals surface area contributed by atoms with Gasteiger partial charge in [-0.2, -0.15) is 0 Å². The fourth-order valence-electron chi connectivity index (χ4n) is 4.02. The molecule has 0 aliphatic heterocycles. The van der Waals surface area contributed by atoms with Crippen molar-refractivity contribution in [2.24, 2.45) is 23.3 Å². The molecule has 42 heavy (non-hydrogen) atoms. The summed E-state index contributed by atoms with van der Waals surface area (Å²) in [4.78, 5) is 62.9. The van der Waals surface area contributed by atoms with E-state index >= 15 is 0 Å². The molecule has 0 heterocycles. The van der Waals surface area contributed by atoms with E-state index < -0.39 is 60.3 Å². The lowest BCUT2D eigenvalue weighted by Gasteiger charge is -2.27. The monoisotopic (exact) mass is 590 g/mol. The number of hydrogen-bond acceptors (Lipinski definition) is 7. The topological polar surface area (TPSA) is 242 Å². The van der Waals surface area contributed by atoms with Crippen LogP contribution in [0, 0.1) is 17.2 Å². The number of benzene rings is 1. The van der Waals surface area contributed by atoms with Gasteiger partial charge in [-0.1, -0.05) is 58.0 Å². The largest absolute Gasteiger partial charge is 0.480 e. The van der Waals surface area contributed by atoms with Crippen molar-refractivity contribution in [1.82, 2.24) is 26.6 Å². The first-order valence-electron chi connectivity index (χ1n) is 14.0. The number of carboxylic acids is 1. The Bertz CT molecular complexity index is 1070. The second kappa shape index (κ2) is 18.3. The molecule has 1 aromatic rings. The van der Waals surface area contributed by atoms with Gasteiger partial charge in [-0.25, -0.2) is 4.79 Å². The van der Waals surface area contributed by atoms with Gasteiger partial charge >= 0.3 is 5.97 Å². The van der Waals surface area contributed by atoms with Crippen LogP contribution in [0.4, 0.5) is 0 Å². The Labute approximate surface area is 246 Å². The third-order valence-corrected chi connectivity index (χ3v) is 6.27. The number of amides is 4. The number of nitrogens with one attached hydrogen (secondary N) is 6. The maximum Gasteiger partial charge on any atom is 0.326 e. The summed E-state index contributed by atoms with van der Waals surface area (Å²) in [5, 5.41) is 29.5. The molecule has 1 aromatic carbocycles. The van der Waals surface area contributed by atoms with Gasteiger partial charge in [0.1, 0.15) is 18.1 Å². The Hall–Kier alpha value is -4.20. The van der Waals surface area contributed by atoms with Crippen LogP contribution >= 0.6 is 0 Å². The summed E-state index contributed by atoms with van der Waals surface area (Å²) >= 11 is 0. The van der Waals surface area contributed by atoms with Crippen LogP contribution in [-0.4, -0.2) is 77.9 Å². The Kier molecular flexibility index (Phi) is 15.6. The van der Waals surface area contributed by atoms with E-state index in [4.69, 9.17) is 16.9 Å². The third kappa shape index (κ3) is 13.9. The van der Waals surface area contributed by atoms with Gasteiger partial charge in [0.25, 0.3) is 0 Å². The van der Waals surface area contributed by atoms with Crippen molar-refractivity contribution in [3.63, 3.8) is 0 Å². The highest BCUT2D eigenvalue weighted by Gasteiger charge is 2.30. The van der Waals surface area contributed by atoms with Crippen molar-refractivity contribution in [2.75, 3.05) is 13.1 Å². The highest BCUT2D eigenvalue weighted by Crippen LogP contribution is 2.09. The van der Waals surface area contributed by atoms with Gasteiger partial charge in [0, 0.05) is 13.0 Å². The Morgan fingerprint density at radius 1 is 0.881 bits per heavy atom. The second-order valence-corrected chi connectivity index (χ2v) is 10.9. The van der Waals surface area contributed by atoms with E-state index in [-0.39, 0.29) is 24.2 Å². The molecule has 0 unspecified atom stereocenters. The fourth-order valence-corrected chi connectivity index (χ4v) is 4.02. The summed E-state index contributed by atoms with van der Waals surface area (Å²) in [5.74, 6) is -4.15. The minimum atomic E-state index is -1.21. The Morgan fingerprint density at radius 2 is 1.52 bits per heavy atom. The van der Waals surface area contributed by atoms with Gasteiger partial charge in [-0.05, 0) is 36.7 Å². The molecule has 4 amide bonds. The quantitative estimate of drug-likeness (QED) is 0.0588. The van der Waals surface area contributed by atoms with Crippen LogP contribution in [0.25, 0.3) is 0 Å². The second-order valence-electron chi connectivity index (χ2n) is 10.9. The lowest BCUT2D eigenvalue weighted by atomic mass is 9.99. The van der Waals surface area contributed by atoms with Crippen molar-refractivity contribution < 1.29 is 29.1 Å². The maximum absolute atomic E-state index is 13.2. The van der Waals surface area contributed by atoms with E-state index in [0.29, 0.717) is 25.8 Å². The summed E-state index contributed by atoms with van der Waals surface area (Å²) in [5.41, 5.74) is 11.9. The highest BCUT2D eigenvalue weighted by atomic mass is 16.4. The molecule has 0 saturated heterocycles. The Balaban J connectivity index is 2.76. The van der Waals surface area contributed by atoms with Gasteiger partial charge in [0.15, 0.2) is 5.96 Å². The van der Waals surface area contributed by atoms with E-state index in [2.05, 4.69) is 26.6 Å². The molecular formula is C28H46N8O6. The van der Waals surface area contributed by atoms with Crippen molar-refractivity contribution >= 4 is 35.6 Å². The third-order valence-electron chi connectivity index (χ3n) is 6.27. The number of nitrogens with two attached hydrogens (primary N) is 2. The van der Waals surface area contributed by atoms with Gasteiger partial charge in [-0.15, -0.1) is 0 Å². The van der Waals surface area contributed by atoms with Crippen LogP contribution < -0.4 is 38.1 Å². The summed E-state index contributed by atoms with van der Waals surface area (Å²) in [7, 11) is 0. The zero-order chi connectivity index (χ0) is 31.8. The number of guanidine groups is 1. The SMILES string of the molecule is CC(C)C[C@H](NC(=O)[C@@H](N)CCCNC(=N)N)C(=O)N[C@H](C(=O)NCC(=O)N[C@@H](Cc1ccccc1)C(=O)O)C(C)C. The van der Waals surface area contributed by atoms with Crippen molar-refractivity contribution in [3.05, 3.63) is 35.9 Å². The van der Waals surface area contributed by atoms with Crippen LogP contribution in [0.3, 0.4) is 0 Å². The first-order chi connectivity index (χ1) is 19.7. The fraction of sp³-hybridized carbons (Fsp3) is 0.571. The van der Waals surface area contributed by atoms with Crippen LogP contribution in [0.5, 0.6) is 0 Å². The molecule has 0 aliphatic rings. The van der Waals surface area contributed by atoms with Crippen LogP contribution in [0.15, 0.2) is 30.3 Å². The average Bonchev–Trinajstić information content (AvgIpc) is 2.91. The van der Waals surface area contributed by atoms with Crippen LogP contribution in [-0.2, 0) is 30.4 Å². The van der Waals surface area contributed by atoms with Crippen molar-refractivity contribution in [2.45, 2.75) is 77.5 Å². The van der Waals surface area contributed by atoms with Crippen molar-refractivity contribution in [3.8, 4) is 0 Å². The zero-order valence-electron chi connectivity index (χ0n) is 24.7. The molecule has 0 aromatic heterocycles. The summed E-state index contributed by atoms with van der Waals surface area (Å²) in [6.07, 6.45) is 1.15. The molecule has 0 aliphatic carbocycles. The first kappa shape index (κ1) is 35.8. The van der Waals surface area contributed by atoms with E-state index in [1.807, 2.05) is 13.8 Å². The lowest BCUT2D eigenvalue weighted by Crippen LogP contribution is -2.58. The van der Waals surface area contributed by atoms with Gasteiger partial charge < -0.3 is 43.2 Å². The molecular weight excluding hydrogens is 544 g/mol. The van der Waals surface area contributed by atoms with E-state index in [1.165, 1.54) is 0 Å². The molecule has 1 rings (SSSR count). The smallest absolute Gasteiger partial charge is 0.326 e. The van der Waals surface area contributed by atoms with Gasteiger partial charge in [-0.3, -0.25) is 24.6 Å². The van der Waals surface area contributed by atoms with Crippen molar-refractivity contribution in [1.29, 1.82) is 5.41 Å². The maximum atomic E-state index is 13.2. The van der Waals surface area contributed by atoms with E-state index in [9.17, 15) is 29.1 Å². The number of carbonyl (C=O) groups is 5. The molecule has 11 N–H and O–H groups in total. The Morgan fingerprint density at radius 3 is 2.07 bits per heavy atom. The number of aliphatic carboxylic acids is 1. The molecule has 0 radical (unpaired) electrons. The molecule has 0 fully saturated rings. The molecule has 14 heteroatoms. The molecule has 0 spiro atoms. The predicted octanol–water partition coefficient (Wildman–Crippen LogP) is -0.823. The van der Waals surface area contributed by atoms with E-state index in [1.54, 1.807) is 44.2 Å². The molecule has 0 bridgehead atoms. The normalized spacial score (nSPS) is 13.8. The number of carboxylic acid groups (broad SMARTS) is 1. The van der Waals surface area contributed by atoms with Gasteiger partial charge in [0.05, 0.1) is 12.6 Å².